The lowest BCUT2D eigenvalue weighted by molar-refractivity contribution is 0.127. The first-order valence-corrected chi connectivity index (χ1v) is 8.18. The molecule has 1 N–H and O–H groups in total. The Morgan fingerprint density at radius 2 is 1.92 bits per heavy atom. The van der Waals surface area contributed by atoms with Crippen LogP contribution in [0.3, 0.4) is 0 Å². The van der Waals surface area contributed by atoms with Crippen LogP contribution in [0.15, 0.2) is 61.1 Å². The Balaban J connectivity index is 1.64. The Morgan fingerprint density at radius 1 is 1.12 bits per heavy atom. The Hall–Kier alpha value is -3.59. The Labute approximate surface area is 150 Å². The zero-order valence-electron chi connectivity index (χ0n) is 14.1. The molecule has 0 aliphatic carbocycles. The smallest absolute Gasteiger partial charge is 0.408 e. The summed E-state index contributed by atoms with van der Waals surface area (Å²) in [4.78, 5) is 16.1. The largest absolute Gasteiger partial charge is 0.437 e. The van der Waals surface area contributed by atoms with Crippen molar-refractivity contribution >= 4 is 6.09 Å². The number of hydrogen-bond donors (Lipinski definition) is 1. The highest BCUT2D eigenvalue weighted by molar-refractivity contribution is 5.71. The number of hydrogen-bond acceptors (Lipinski definition) is 4. The predicted octanol–water partition coefficient (Wildman–Crippen LogP) is 2.74. The summed E-state index contributed by atoms with van der Waals surface area (Å²) in [5, 5.41) is 7.00. The monoisotopic (exact) mass is 344 g/mol. The third-order valence-electron chi connectivity index (χ3n) is 4.20. The molecule has 6 nitrogen and oxygen atoms in total. The first kappa shape index (κ1) is 15.9. The molecule has 0 saturated carbocycles. The molecule has 4 rings (SSSR count). The molecular weight excluding hydrogens is 328 g/mol. The third kappa shape index (κ3) is 3.15. The second-order valence-electron chi connectivity index (χ2n) is 5.95. The lowest BCUT2D eigenvalue weighted by Crippen LogP contribution is -2.20. The minimum atomic E-state index is -0.464. The fourth-order valence-corrected chi connectivity index (χ4v) is 2.93. The summed E-state index contributed by atoms with van der Waals surface area (Å²) in [5.74, 6) is 6.23. The third-order valence-corrected chi connectivity index (χ3v) is 4.20. The van der Waals surface area contributed by atoms with Crippen LogP contribution in [0.4, 0.5) is 4.79 Å². The van der Waals surface area contributed by atoms with Gasteiger partial charge in [0.1, 0.15) is 6.04 Å². The molecule has 3 aromatic rings. The van der Waals surface area contributed by atoms with Crippen LogP contribution in [0.5, 0.6) is 0 Å². The van der Waals surface area contributed by atoms with E-state index < -0.39 is 12.2 Å². The van der Waals surface area contributed by atoms with Gasteiger partial charge >= 0.3 is 6.09 Å². The molecule has 2 atom stereocenters. The van der Waals surface area contributed by atoms with Gasteiger partial charge in [0, 0.05) is 36.8 Å². The van der Waals surface area contributed by atoms with Crippen molar-refractivity contribution in [3.05, 3.63) is 83.4 Å². The molecule has 1 amide bonds. The summed E-state index contributed by atoms with van der Waals surface area (Å²) in [6, 6.07) is 13.2. The molecule has 1 aliphatic heterocycles. The van der Waals surface area contributed by atoms with Crippen molar-refractivity contribution < 1.29 is 9.53 Å². The van der Waals surface area contributed by atoms with Crippen LogP contribution in [0.2, 0.25) is 0 Å². The number of alkyl carbamates (subject to hydrolysis) is 1. The summed E-state index contributed by atoms with van der Waals surface area (Å²) in [5.41, 5.74) is 3.36. The normalized spacial score (nSPS) is 18.6. The Bertz CT molecular complexity index is 1000. The highest BCUT2D eigenvalue weighted by atomic mass is 16.6. The molecule has 2 aromatic heterocycles. The number of benzene rings is 1. The predicted molar refractivity (Wildman–Crippen MR) is 95.0 cm³/mol. The highest BCUT2D eigenvalue weighted by Gasteiger charge is 2.38. The number of amides is 1. The van der Waals surface area contributed by atoms with E-state index in [-0.39, 0.29) is 6.04 Å². The lowest BCUT2D eigenvalue weighted by Gasteiger charge is -2.17. The number of aromatic nitrogens is 3. The minimum Gasteiger partial charge on any atom is -0.437 e. The van der Waals surface area contributed by atoms with Crippen LogP contribution in [-0.4, -0.2) is 20.9 Å². The molecule has 0 unspecified atom stereocenters. The zero-order valence-corrected chi connectivity index (χ0v) is 14.1. The van der Waals surface area contributed by atoms with Crippen LogP contribution >= 0.6 is 0 Å². The molecule has 26 heavy (non-hydrogen) atoms. The number of ether oxygens (including phenoxy) is 1. The van der Waals surface area contributed by atoms with Crippen molar-refractivity contribution in [2.45, 2.75) is 12.1 Å². The number of carbonyl (C=O) groups is 1. The van der Waals surface area contributed by atoms with Gasteiger partial charge in [-0.15, -0.1) is 0 Å². The molecule has 0 spiro atoms. The van der Waals surface area contributed by atoms with Crippen molar-refractivity contribution in [3.8, 4) is 11.8 Å². The lowest BCUT2D eigenvalue weighted by atomic mass is 10.0. The standard InChI is InChI=1S/C20H16N4O2/c1-24-17(9-10-22-24)19-18(23-20(25)26-19)16-11-15(12-21-13-16)8-7-14-5-3-2-4-6-14/h2-6,9-13,18-19H,1H3,(H,23,25)/t18-,19+/m1/s1. The van der Waals surface area contributed by atoms with E-state index in [0.29, 0.717) is 0 Å². The fraction of sp³-hybridized carbons (Fsp3) is 0.150. The number of rotatable bonds is 2. The van der Waals surface area contributed by atoms with Crippen molar-refractivity contribution in [2.75, 3.05) is 0 Å². The second kappa shape index (κ2) is 6.73. The summed E-state index contributed by atoms with van der Waals surface area (Å²) in [6.45, 7) is 0. The second-order valence-corrected chi connectivity index (χ2v) is 5.95. The maximum Gasteiger partial charge on any atom is 0.408 e. The SMILES string of the molecule is Cn1nccc1[C@@H]1OC(=O)N[C@@H]1c1cncc(C#Cc2ccccc2)c1. The molecule has 1 aromatic carbocycles. The van der Waals surface area contributed by atoms with Crippen LogP contribution < -0.4 is 5.32 Å². The van der Waals surface area contributed by atoms with Gasteiger partial charge in [-0.3, -0.25) is 9.67 Å². The van der Waals surface area contributed by atoms with E-state index in [2.05, 4.69) is 27.2 Å². The molecule has 1 aliphatic rings. The van der Waals surface area contributed by atoms with Gasteiger partial charge in [0.25, 0.3) is 0 Å². The van der Waals surface area contributed by atoms with Crippen molar-refractivity contribution in [3.63, 3.8) is 0 Å². The highest BCUT2D eigenvalue weighted by Crippen LogP contribution is 2.36. The van der Waals surface area contributed by atoms with Gasteiger partial charge in [-0.1, -0.05) is 30.0 Å². The van der Waals surface area contributed by atoms with Gasteiger partial charge in [0.05, 0.1) is 5.69 Å². The maximum absolute atomic E-state index is 11.8. The first-order chi connectivity index (χ1) is 12.7. The van der Waals surface area contributed by atoms with E-state index in [4.69, 9.17) is 4.74 Å². The van der Waals surface area contributed by atoms with E-state index in [1.54, 1.807) is 23.3 Å². The molecule has 3 heterocycles. The topological polar surface area (TPSA) is 69.0 Å². The number of carbonyl (C=O) groups excluding carboxylic acids is 1. The average Bonchev–Trinajstić information content (AvgIpc) is 3.26. The van der Waals surface area contributed by atoms with Crippen LogP contribution in [-0.2, 0) is 11.8 Å². The van der Waals surface area contributed by atoms with Gasteiger partial charge in [0.2, 0.25) is 0 Å². The minimum absolute atomic E-state index is 0.344. The molecule has 1 fully saturated rings. The van der Waals surface area contributed by atoms with Gasteiger partial charge in [0.15, 0.2) is 6.10 Å². The van der Waals surface area contributed by atoms with Gasteiger partial charge < -0.3 is 10.1 Å². The van der Waals surface area contributed by atoms with Gasteiger partial charge in [-0.05, 0) is 29.8 Å². The summed E-state index contributed by atoms with van der Waals surface area (Å²) >= 11 is 0. The molecule has 6 heteroatoms. The number of pyridine rings is 1. The summed E-state index contributed by atoms with van der Waals surface area (Å²) < 4.78 is 7.15. The van der Waals surface area contributed by atoms with E-state index in [0.717, 1.165) is 22.4 Å². The summed E-state index contributed by atoms with van der Waals surface area (Å²) in [6.07, 6.45) is 4.18. The zero-order chi connectivity index (χ0) is 17.9. The average molecular weight is 344 g/mol. The van der Waals surface area contributed by atoms with Crippen LogP contribution in [0.1, 0.15) is 34.5 Å². The quantitative estimate of drug-likeness (QED) is 0.726. The van der Waals surface area contributed by atoms with Crippen molar-refractivity contribution in [1.29, 1.82) is 0 Å². The van der Waals surface area contributed by atoms with E-state index >= 15 is 0 Å². The molecule has 128 valence electrons. The van der Waals surface area contributed by atoms with Gasteiger partial charge in [-0.25, -0.2) is 4.79 Å². The molecule has 0 radical (unpaired) electrons. The van der Waals surface area contributed by atoms with Crippen LogP contribution in [0, 0.1) is 11.8 Å². The fourth-order valence-electron chi connectivity index (χ4n) is 2.93. The van der Waals surface area contributed by atoms with E-state index in [1.165, 1.54) is 0 Å². The maximum atomic E-state index is 11.8. The Kier molecular flexibility index (Phi) is 4.12. The Morgan fingerprint density at radius 3 is 2.69 bits per heavy atom. The number of nitrogens with one attached hydrogen (secondary N) is 1. The van der Waals surface area contributed by atoms with E-state index in [9.17, 15) is 4.79 Å². The van der Waals surface area contributed by atoms with Crippen LogP contribution in [0.25, 0.3) is 0 Å². The summed E-state index contributed by atoms with van der Waals surface area (Å²) in [7, 11) is 1.82. The molecule has 1 saturated heterocycles. The van der Waals surface area contributed by atoms with Crippen molar-refractivity contribution in [1.82, 2.24) is 20.1 Å². The molecular formula is C20H16N4O2. The van der Waals surface area contributed by atoms with Crippen molar-refractivity contribution in [2.24, 2.45) is 7.05 Å². The number of nitrogens with zero attached hydrogens (tertiary/aromatic N) is 3. The van der Waals surface area contributed by atoms with E-state index in [1.807, 2.05) is 49.5 Å². The number of cyclic esters (lactones) is 1. The van der Waals surface area contributed by atoms with Gasteiger partial charge in [-0.2, -0.15) is 5.10 Å². The number of aryl methyl sites for hydroxylation is 1. The first-order valence-electron chi connectivity index (χ1n) is 8.18. The molecule has 0 bridgehead atoms.